The molecule has 2 atom stereocenters. The fourth-order valence-corrected chi connectivity index (χ4v) is 1.88. The van der Waals surface area contributed by atoms with E-state index in [1.807, 2.05) is 0 Å². The standard InChI is InChI=1S/C14H16N2O4/c15-9-7-13(17)19-11-3-1-2-4-12(6-5-11)20-14(18)8-10-16/h5-6,11-12H,1-4,7-8H2/b6-5-. The summed E-state index contributed by atoms with van der Waals surface area (Å²) in [6.07, 6.45) is 5.07. The second-order valence-corrected chi connectivity index (χ2v) is 4.40. The molecule has 106 valence electrons. The molecule has 0 aromatic rings. The number of rotatable bonds is 4. The first-order valence-electron chi connectivity index (χ1n) is 6.47. The minimum atomic E-state index is -0.555. The molecule has 0 N–H and O–H groups in total. The van der Waals surface area contributed by atoms with Gasteiger partial charge in [-0.15, -0.1) is 0 Å². The first-order valence-corrected chi connectivity index (χ1v) is 6.47. The van der Waals surface area contributed by atoms with Crippen LogP contribution in [0.5, 0.6) is 0 Å². The first kappa shape index (κ1) is 15.7. The zero-order valence-corrected chi connectivity index (χ0v) is 11.1. The van der Waals surface area contributed by atoms with Crippen LogP contribution in [0.4, 0.5) is 0 Å². The van der Waals surface area contributed by atoms with Gasteiger partial charge in [-0.25, -0.2) is 0 Å². The van der Waals surface area contributed by atoms with Crippen LogP contribution in [-0.2, 0) is 19.1 Å². The maximum atomic E-state index is 11.3. The fourth-order valence-electron chi connectivity index (χ4n) is 1.88. The lowest BCUT2D eigenvalue weighted by Gasteiger charge is -2.20. The van der Waals surface area contributed by atoms with Gasteiger partial charge in [-0.3, -0.25) is 9.59 Å². The molecule has 6 nitrogen and oxygen atoms in total. The molecule has 20 heavy (non-hydrogen) atoms. The maximum Gasteiger partial charge on any atom is 0.320 e. The Balaban J connectivity index is 2.54. The first-order chi connectivity index (χ1) is 9.65. The van der Waals surface area contributed by atoms with Crippen molar-refractivity contribution in [3.8, 4) is 12.1 Å². The summed E-state index contributed by atoms with van der Waals surface area (Å²) in [6.45, 7) is 0. The summed E-state index contributed by atoms with van der Waals surface area (Å²) >= 11 is 0. The van der Waals surface area contributed by atoms with Crippen molar-refractivity contribution in [2.24, 2.45) is 0 Å². The molecule has 2 unspecified atom stereocenters. The highest BCUT2D eigenvalue weighted by Crippen LogP contribution is 2.17. The minimum Gasteiger partial charge on any atom is -0.457 e. The Bertz CT molecular complexity index is 417. The Morgan fingerprint density at radius 3 is 1.70 bits per heavy atom. The highest BCUT2D eigenvalue weighted by Gasteiger charge is 2.17. The van der Waals surface area contributed by atoms with Crippen LogP contribution in [0.1, 0.15) is 38.5 Å². The van der Waals surface area contributed by atoms with Crippen LogP contribution in [0.2, 0.25) is 0 Å². The Kier molecular flexibility index (Phi) is 6.84. The zero-order valence-electron chi connectivity index (χ0n) is 11.1. The number of carbonyl (C=O) groups is 2. The van der Waals surface area contributed by atoms with Gasteiger partial charge in [0.1, 0.15) is 25.0 Å². The van der Waals surface area contributed by atoms with Gasteiger partial charge in [-0.1, -0.05) is 0 Å². The molecule has 0 heterocycles. The third-order valence-electron chi connectivity index (χ3n) is 2.78. The number of esters is 2. The number of nitriles is 2. The van der Waals surface area contributed by atoms with Crippen molar-refractivity contribution in [3.63, 3.8) is 0 Å². The number of hydrogen-bond acceptors (Lipinski definition) is 6. The van der Waals surface area contributed by atoms with E-state index in [9.17, 15) is 9.59 Å². The number of nitrogens with zero attached hydrogens (tertiary/aromatic N) is 2. The summed E-state index contributed by atoms with van der Waals surface area (Å²) in [5, 5.41) is 16.8. The van der Waals surface area contributed by atoms with Crippen molar-refractivity contribution in [3.05, 3.63) is 12.2 Å². The average Bonchev–Trinajstić information content (AvgIpc) is 2.37. The van der Waals surface area contributed by atoms with Crippen LogP contribution in [-0.4, -0.2) is 24.1 Å². The monoisotopic (exact) mass is 276 g/mol. The number of ether oxygens (including phenoxy) is 2. The molecule has 0 aliphatic heterocycles. The molecule has 6 heteroatoms. The third kappa shape index (κ3) is 6.01. The topological polar surface area (TPSA) is 100 Å². The van der Waals surface area contributed by atoms with Crippen molar-refractivity contribution in [2.45, 2.75) is 50.7 Å². The van der Waals surface area contributed by atoms with E-state index in [-0.39, 0.29) is 12.8 Å². The Labute approximate surface area is 117 Å². The van der Waals surface area contributed by atoms with Gasteiger partial charge in [0.25, 0.3) is 0 Å². The van der Waals surface area contributed by atoms with E-state index in [4.69, 9.17) is 20.0 Å². The van der Waals surface area contributed by atoms with Gasteiger partial charge in [0.05, 0.1) is 12.1 Å². The van der Waals surface area contributed by atoms with Crippen molar-refractivity contribution < 1.29 is 19.1 Å². The smallest absolute Gasteiger partial charge is 0.320 e. The molecule has 0 aromatic carbocycles. The van der Waals surface area contributed by atoms with Gasteiger partial charge >= 0.3 is 11.9 Å². The Morgan fingerprint density at radius 2 is 1.35 bits per heavy atom. The van der Waals surface area contributed by atoms with E-state index >= 15 is 0 Å². The predicted octanol–water partition coefficient (Wildman–Crippen LogP) is 1.77. The number of hydrogen-bond donors (Lipinski definition) is 0. The summed E-state index contributed by atoms with van der Waals surface area (Å²) in [7, 11) is 0. The van der Waals surface area contributed by atoms with Crippen molar-refractivity contribution in [1.82, 2.24) is 0 Å². The van der Waals surface area contributed by atoms with Crippen LogP contribution < -0.4 is 0 Å². The Hall–Kier alpha value is -2.34. The average molecular weight is 276 g/mol. The lowest BCUT2D eigenvalue weighted by molar-refractivity contribution is -0.148. The van der Waals surface area contributed by atoms with Gasteiger partial charge in [0.2, 0.25) is 0 Å². The lowest BCUT2D eigenvalue weighted by atomic mass is 10.0. The summed E-state index contributed by atoms with van der Waals surface area (Å²) in [6, 6.07) is 3.47. The predicted molar refractivity (Wildman–Crippen MR) is 67.8 cm³/mol. The molecule has 0 bridgehead atoms. The fraction of sp³-hybridized carbons (Fsp3) is 0.571. The van der Waals surface area contributed by atoms with E-state index in [1.165, 1.54) is 0 Å². The van der Waals surface area contributed by atoms with Crippen molar-refractivity contribution in [1.29, 1.82) is 10.5 Å². The molecule has 0 aromatic heterocycles. The quantitative estimate of drug-likeness (QED) is 0.573. The van der Waals surface area contributed by atoms with Crippen molar-refractivity contribution in [2.75, 3.05) is 0 Å². The second-order valence-electron chi connectivity index (χ2n) is 4.40. The molecule has 0 saturated carbocycles. The highest BCUT2D eigenvalue weighted by molar-refractivity contribution is 5.72. The van der Waals surface area contributed by atoms with E-state index in [2.05, 4.69) is 0 Å². The van der Waals surface area contributed by atoms with Gasteiger partial charge in [0.15, 0.2) is 0 Å². The molecular weight excluding hydrogens is 260 g/mol. The molecule has 1 aliphatic carbocycles. The SMILES string of the molecule is N#CCC(=O)OC1/C=C\C(OC(=O)CC#N)CCCC1. The molecule has 0 spiro atoms. The van der Waals surface area contributed by atoms with Crippen LogP contribution in [0.25, 0.3) is 0 Å². The van der Waals surface area contributed by atoms with E-state index < -0.39 is 24.1 Å². The lowest BCUT2D eigenvalue weighted by Crippen LogP contribution is -2.21. The molecule has 1 aliphatic rings. The van der Waals surface area contributed by atoms with Crippen LogP contribution in [0, 0.1) is 22.7 Å². The summed E-state index contributed by atoms with van der Waals surface area (Å²) in [5.74, 6) is -1.11. The summed E-state index contributed by atoms with van der Waals surface area (Å²) in [4.78, 5) is 22.5. The zero-order chi connectivity index (χ0) is 14.8. The van der Waals surface area contributed by atoms with E-state index in [0.717, 1.165) is 12.8 Å². The number of carbonyl (C=O) groups excluding carboxylic acids is 2. The maximum absolute atomic E-state index is 11.3. The van der Waals surface area contributed by atoms with Gasteiger partial charge in [-0.2, -0.15) is 10.5 Å². The van der Waals surface area contributed by atoms with E-state index in [0.29, 0.717) is 12.8 Å². The minimum absolute atomic E-state index is 0.273. The van der Waals surface area contributed by atoms with Crippen molar-refractivity contribution >= 4 is 11.9 Å². The molecular formula is C14H16N2O4. The van der Waals surface area contributed by atoms with Crippen LogP contribution >= 0.6 is 0 Å². The molecule has 1 rings (SSSR count). The largest absolute Gasteiger partial charge is 0.457 e. The van der Waals surface area contributed by atoms with Crippen LogP contribution in [0.3, 0.4) is 0 Å². The molecule has 0 amide bonds. The molecule has 0 saturated heterocycles. The molecule has 0 fully saturated rings. The van der Waals surface area contributed by atoms with Gasteiger partial charge in [0, 0.05) is 0 Å². The highest BCUT2D eigenvalue weighted by atomic mass is 16.5. The summed E-state index contributed by atoms with van der Waals surface area (Å²) < 4.78 is 10.3. The summed E-state index contributed by atoms with van der Waals surface area (Å²) in [5.41, 5.74) is 0. The van der Waals surface area contributed by atoms with Crippen LogP contribution in [0.15, 0.2) is 12.2 Å². The third-order valence-corrected chi connectivity index (χ3v) is 2.78. The molecule has 0 radical (unpaired) electrons. The van der Waals surface area contributed by atoms with E-state index in [1.54, 1.807) is 24.3 Å². The second kappa shape index (κ2) is 8.71. The normalized spacial score (nSPS) is 23.3. The van der Waals surface area contributed by atoms with Gasteiger partial charge < -0.3 is 9.47 Å². The van der Waals surface area contributed by atoms with Gasteiger partial charge in [-0.05, 0) is 37.8 Å². The Morgan fingerprint density at radius 1 is 0.950 bits per heavy atom.